The third-order valence-electron chi connectivity index (χ3n) is 4.58. The van der Waals surface area contributed by atoms with Crippen LogP contribution in [0.1, 0.15) is 44.0 Å². The summed E-state index contributed by atoms with van der Waals surface area (Å²) in [5.74, 6) is 0.426. The molecule has 0 atom stereocenters. The summed E-state index contributed by atoms with van der Waals surface area (Å²) in [6.07, 6.45) is 9.84. The Morgan fingerprint density at radius 2 is 2.18 bits per heavy atom. The fourth-order valence-electron chi connectivity index (χ4n) is 3.65. The number of carbonyl (C=O) groups is 1. The van der Waals surface area contributed by atoms with Gasteiger partial charge < -0.3 is 15.3 Å². The van der Waals surface area contributed by atoms with E-state index in [1.807, 2.05) is 12.3 Å². The van der Waals surface area contributed by atoms with Crippen LogP contribution in [-0.2, 0) is 11.2 Å². The van der Waals surface area contributed by atoms with Crippen molar-refractivity contribution in [3.8, 4) is 0 Å². The molecule has 1 saturated carbocycles. The van der Waals surface area contributed by atoms with E-state index in [-0.39, 0.29) is 12.3 Å². The van der Waals surface area contributed by atoms with Crippen molar-refractivity contribution in [2.45, 2.75) is 44.6 Å². The van der Waals surface area contributed by atoms with Crippen molar-refractivity contribution in [3.63, 3.8) is 0 Å². The van der Waals surface area contributed by atoms with Crippen LogP contribution in [0.15, 0.2) is 18.5 Å². The molecule has 3 N–H and O–H groups in total. The predicted molar refractivity (Wildman–Crippen MR) is 84.4 cm³/mol. The summed E-state index contributed by atoms with van der Waals surface area (Å²) in [7, 11) is 0. The molecule has 1 fully saturated rings. The summed E-state index contributed by atoms with van der Waals surface area (Å²) in [5, 5.41) is 1.06. The van der Waals surface area contributed by atoms with E-state index >= 15 is 0 Å². The molecule has 0 bridgehead atoms. The van der Waals surface area contributed by atoms with Gasteiger partial charge in [-0.3, -0.25) is 4.79 Å². The summed E-state index contributed by atoms with van der Waals surface area (Å²) in [5.41, 5.74) is 8.20. The number of carbonyl (C=O) groups excluding carboxylic acids is 1. The fraction of sp³-hybridized carbons (Fsp3) is 0.438. The zero-order valence-electron chi connectivity index (χ0n) is 12.4. The van der Waals surface area contributed by atoms with Gasteiger partial charge in [-0.15, -0.1) is 0 Å². The Bertz CT molecular complexity index is 841. The van der Waals surface area contributed by atoms with Crippen molar-refractivity contribution < 1.29 is 4.79 Å². The lowest BCUT2D eigenvalue weighted by Gasteiger charge is -2.25. The molecule has 0 aromatic carbocycles. The Hall–Kier alpha value is -2.37. The molecular weight excluding hydrogens is 278 g/mol. The van der Waals surface area contributed by atoms with Gasteiger partial charge in [-0.05, 0) is 18.9 Å². The second-order valence-corrected chi connectivity index (χ2v) is 6.06. The molecule has 3 aromatic heterocycles. The quantitative estimate of drug-likeness (QED) is 0.778. The highest BCUT2D eigenvalue weighted by molar-refractivity contribution is 6.01. The Morgan fingerprint density at radius 3 is 2.95 bits per heavy atom. The number of aromatic nitrogens is 4. The van der Waals surface area contributed by atoms with Crippen LogP contribution in [0.2, 0.25) is 0 Å². The van der Waals surface area contributed by atoms with Crippen molar-refractivity contribution in [3.05, 3.63) is 24.3 Å². The largest absolute Gasteiger partial charge is 0.369 e. The van der Waals surface area contributed by atoms with Gasteiger partial charge in [0.25, 0.3) is 0 Å². The Labute approximate surface area is 127 Å². The molecule has 0 radical (unpaired) electrons. The van der Waals surface area contributed by atoms with Gasteiger partial charge in [-0.2, -0.15) is 0 Å². The first-order valence-electron chi connectivity index (χ1n) is 7.85. The van der Waals surface area contributed by atoms with Gasteiger partial charge in [0.05, 0.1) is 18.1 Å². The zero-order chi connectivity index (χ0) is 15.1. The number of nitrogens with two attached hydrogens (primary N) is 1. The maximum Gasteiger partial charge on any atom is 0.225 e. The molecule has 6 nitrogen and oxygen atoms in total. The summed E-state index contributed by atoms with van der Waals surface area (Å²) in [6, 6.07) is 2.42. The molecule has 0 aliphatic heterocycles. The van der Waals surface area contributed by atoms with Gasteiger partial charge in [0.1, 0.15) is 17.0 Å². The van der Waals surface area contributed by atoms with Crippen LogP contribution >= 0.6 is 0 Å². The van der Waals surface area contributed by atoms with Gasteiger partial charge in [-0.1, -0.05) is 19.3 Å². The zero-order valence-corrected chi connectivity index (χ0v) is 12.4. The second-order valence-electron chi connectivity index (χ2n) is 6.06. The first-order valence-corrected chi connectivity index (χ1v) is 7.85. The van der Waals surface area contributed by atoms with Gasteiger partial charge in [0.15, 0.2) is 0 Å². The molecule has 0 saturated heterocycles. The van der Waals surface area contributed by atoms with E-state index in [1.54, 1.807) is 6.20 Å². The molecule has 1 aliphatic rings. The van der Waals surface area contributed by atoms with Crippen molar-refractivity contribution in [1.82, 2.24) is 19.5 Å². The number of imidazole rings is 1. The monoisotopic (exact) mass is 297 g/mol. The van der Waals surface area contributed by atoms with Crippen LogP contribution in [0.3, 0.4) is 0 Å². The maximum absolute atomic E-state index is 11.4. The highest BCUT2D eigenvalue weighted by atomic mass is 16.1. The summed E-state index contributed by atoms with van der Waals surface area (Å²) < 4.78 is 2.25. The third kappa shape index (κ3) is 2.06. The lowest BCUT2D eigenvalue weighted by atomic mass is 9.95. The van der Waals surface area contributed by atoms with Gasteiger partial charge >= 0.3 is 0 Å². The number of aromatic amines is 1. The number of hydrogen-bond acceptors (Lipinski definition) is 3. The van der Waals surface area contributed by atoms with Crippen LogP contribution in [0, 0.1) is 0 Å². The normalized spacial score (nSPS) is 16.5. The van der Waals surface area contributed by atoms with Gasteiger partial charge in [-0.25, -0.2) is 9.97 Å². The number of rotatable bonds is 3. The topological polar surface area (TPSA) is 89.6 Å². The molecule has 1 aliphatic carbocycles. The minimum Gasteiger partial charge on any atom is -0.369 e. The average molecular weight is 297 g/mol. The fourth-order valence-corrected chi connectivity index (χ4v) is 3.65. The van der Waals surface area contributed by atoms with E-state index in [0.717, 1.165) is 40.7 Å². The van der Waals surface area contributed by atoms with Crippen LogP contribution in [0.5, 0.6) is 0 Å². The molecule has 114 valence electrons. The SMILES string of the molecule is NC(=O)Cc1nc2cnc3[nH]ccc3c2n1C1CCCCC1. The van der Waals surface area contributed by atoms with Crippen molar-refractivity contribution in [2.24, 2.45) is 5.73 Å². The Balaban J connectivity index is 1.98. The number of primary amides is 1. The summed E-state index contributed by atoms with van der Waals surface area (Å²) >= 11 is 0. The van der Waals surface area contributed by atoms with Crippen LogP contribution in [-0.4, -0.2) is 25.4 Å². The van der Waals surface area contributed by atoms with E-state index in [4.69, 9.17) is 5.73 Å². The van der Waals surface area contributed by atoms with Crippen LogP contribution < -0.4 is 5.73 Å². The molecule has 0 unspecified atom stereocenters. The van der Waals surface area contributed by atoms with Gasteiger partial charge in [0.2, 0.25) is 5.91 Å². The standard InChI is InChI=1S/C16H19N5O/c17-13(22)8-14-20-12-9-19-16-11(6-7-18-16)15(12)21(14)10-4-2-1-3-5-10/h6-7,9-10H,1-5,8H2,(H2,17,22)(H,18,19). The highest BCUT2D eigenvalue weighted by Crippen LogP contribution is 2.34. The molecular formula is C16H19N5O. The first-order chi connectivity index (χ1) is 10.7. The molecule has 4 rings (SSSR count). The number of nitrogens with one attached hydrogen (secondary N) is 1. The first kappa shape index (κ1) is 13.3. The van der Waals surface area contributed by atoms with Crippen molar-refractivity contribution in [2.75, 3.05) is 0 Å². The van der Waals surface area contributed by atoms with E-state index in [9.17, 15) is 4.79 Å². The van der Waals surface area contributed by atoms with Crippen molar-refractivity contribution in [1.29, 1.82) is 0 Å². The minimum atomic E-state index is -0.342. The Kier molecular flexibility index (Phi) is 3.10. The number of fused-ring (bicyclic) bond motifs is 3. The summed E-state index contributed by atoms with van der Waals surface area (Å²) in [4.78, 5) is 23.6. The smallest absolute Gasteiger partial charge is 0.225 e. The number of nitrogens with zero attached hydrogens (tertiary/aromatic N) is 3. The maximum atomic E-state index is 11.4. The number of H-pyrrole nitrogens is 1. The van der Waals surface area contributed by atoms with E-state index < -0.39 is 0 Å². The number of amides is 1. The minimum absolute atomic E-state index is 0.178. The molecule has 3 heterocycles. The van der Waals surface area contributed by atoms with Gasteiger partial charge in [0, 0.05) is 17.6 Å². The van der Waals surface area contributed by atoms with E-state index in [1.165, 1.54) is 19.3 Å². The second kappa shape index (κ2) is 5.12. The molecule has 1 amide bonds. The van der Waals surface area contributed by atoms with Crippen LogP contribution in [0.4, 0.5) is 0 Å². The van der Waals surface area contributed by atoms with Crippen LogP contribution in [0.25, 0.3) is 22.1 Å². The van der Waals surface area contributed by atoms with E-state index in [0.29, 0.717) is 6.04 Å². The van der Waals surface area contributed by atoms with Crippen molar-refractivity contribution >= 4 is 28.0 Å². The lowest BCUT2D eigenvalue weighted by molar-refractivity contribution is -0.117. The molecule has 22 heavy (non-hydrogen) atoms. The average Bonchev–Trinajstić information content (AvgIpc) is 3.10. The Morgan fingerprint density at radius 1 is 1.36 bits per heavy atom. The third-order valence-corrected chi connectivity index (χ3v) is 4.58. The summed E-state index contributed by atoms with van der Waals surface area (Å²) in [6.45, 7) is 0. The van der Waals surface area contributed by atoms with E-state index in [2.05, 4.69) is 19.5 Å². The highest BCUT2D eigenvalue weighted by Gasteiger charge is 2.23. The molecule has 6 heteroatoms. The number of pyridine rings is 1. The predicted octanol–water partition coefficient (Wildman–Crippen LogP) is 2.45. The molecule has 3 aromatic rings. The lowest BCUT2D eigenvalue weighted by Crippen LogP contribution is -2.21. The number of hydrogen-bond donors (Lipinski definition) is 2. The molecule has 0 spiro atoms.